The maximum absolute atomic E-state index is 11.8. The average molecular weight is 290 g/mol. The first kappa shape index (κ1) is 12.7. The molecule has 3 heteroatoms. The van der Waals surface area contributed by atoms with E-state index < -0.39 is 0 Å². The highest BCUT2D eigenvalue weighted by atomic mass is 79.9. The predicted octanol–water partition coefficient (Wildman–Crippen LogP) is 4.72. The summed E-state index contributed by atoms with van der Waals surface area (Å²) in [6.07, 6.45) is 1.61. The van der Waals surface area contributed by atoms with Crippen LogP contribution in [0.4, 0.5) is 0 Å². The third-order valence-corrected chi connectivity index (χ3v) is 3.09. The number of carbonyl (C=O) groups excluding carboxylic acids is 1. The lowest BCUT2D eigenvalue weighted by Crippen LogP contribution is -2.05. The molecule has 1 rings (SSSR count). The predicted molar refractivity (Wildman–Crippen MR) is 67.6 cm³/mol. The van der Waals surface area contributed by atoms with Gasteiger partial charge < -0.3 is 0 Å². The largest absolute Gasteiger partial charge is 0.294 e. The first-order valence-corrected chi connectivity index (χ1v) is 6.19. The summed E-state index contributed by atoms with van der Waals surface area (Å²) in [5.41, 5.74) is 0.690. The molecular weight excluding hydrogens is 275 g/mol. The number of carbonyl (C=O) groups is 1. The van der Waals surface area contributed by atoms with E-state index in [0.29, 0.717) is 22.9 Å². The van der Waals surface area contributed by atoms with Crippen LogP contribution in [0.3, 0.4) is 0 Å². The zero-order valence-corrected chi connectivity index (χ0v) is 11.2. The Hall–Kier alpha value is -0.340. The Morgan fingerprint density at radius 1 is 1.47 bits per heavy atom. The molecule has 0 saturated carbocycles. The van der Waals surface area contributed by atoms with Crippen LogP contribution < -0.4 is 0 Å². The van der Waals surface area contributed by atoms with Crippen LogP contribution in [0.25, 0.3) is 0 Å². The van der Waals surface area contributed by atoms with Crippen LogP contribution in [0, 0.1) is 5.92 Å². The van der Waals surface area contributed by atoms with Gasteiger partial charge in [0, 0.05) is 21.5 Å². The molecule has 1 aromatic rings. The second kappa shape index (κ2) is 5.66. The van der Waals surface area contributed by atoms with Gasteiger partial charge in [-0.05, 0) is 24.1 Å². The Morgan fingerprint density at radius 3 is 2.67 bits per heavy atom. The fourth-order valence-corrected chi connectivity index (χ4v) is 2.15. The molecule has 0 amide bonds. The average Bonchev–Trinajstić information content (AvgIpc) is 2.16. The molecule has 0 fully saturated rings. The minimum absolute atomic E-state index is 0.160. The first-order valence-electron chi connectivity index (χ1n) is 5.02. The highest BCUT2D eigenvalue weighted by Gasteiger charge is 2.11. The number of hydrogen-bond donors (Lipinski definition) is 0. The lowest BCUT2D eigenvalue weighted by molar-refractivity contribution is 0.0963. The maximum atomic E-state index is 11.8. The van der Waals surface area contributed by atoms with Crippen molar-refractivity contribution in [3.05, 3.63) is 33.3 Å². The van der Waals surface area contributed by atoms with Crippen molar-refractivity contribution in [3.63, 3.8) is 0 Å². The minimum Gasteiger partial charge on any atom is -0.294 e. The lowest BCUT2D eigenvalue weighted by Gasteiger charge is -2.07. The quantitative estimate of drug-likeness (QED) is 0.733. The molecule has 0 N–H and O–H groups in total. The van der Waals surface area contributed by atoms with Crippen LogP contribution in [0.2, 0.25) is 5.02 Å². The van der Waals surface area contributed by atoms with Gasteiger partial charge in [0.15, 0.2) is 5.78 Å². The van der Waals surface area contributed by atoms with Gasteiger partial charge in [-0.3, -0.25) is 4.79 Å². The summed E-state index contributed by atoms with van der Waals surface area (Å²) >= 11 is 9.21. The van der Waals surface area contributed by atoms with E-state index >= 15 is 0 Å². The normalized spacial score (nSPS) is 12.5. The van der Waals surface area contributed by atoms with Gasteiger partial charge in [-0.25, -0.2) is 0 Å². The molecule has 0 aliphatic heterocycles. The summed E-state index contributed by atoms with van der Waals surface area (Å²) in [6.45, 7) is 4.17. The topological polar surface area (TPSA) is 17.1 Å². The van der Waals surface area contributed by atoms with Crippen LogP contribution in [-0.4, -0.2) is 5.78 Å². The standard InChI is InChI=1S/C12H14BrClO/c1-3-8(2)4-12(15)9-5-10(13)7-11(14)6-9/h5-8H,3-4H2,1-2H3. The Morgan fingerprint density at radius 2 is 2.13 bits per heavy atom. The zero-order valence-electron chi connectivity index (χ0n) is 8.89. The summed E-state index contributed by atoms with van der Waals surface area (Å²) in [7, 11) is 0. The van der Waals surface area contributed by atoms with Crippen molar-refractivity contribution in [2.45, 2.75) is 26.7 Å². The van der Waals surface area contributed by atoms with Crippen molar-refractivity contribution in [1.29, 1.82) is 0 Å². The maximum Gasteiger partial charge on any atom is 0.163 e. The summed E-state index contributed by atoms with van der Waals surface area (Å²) in [5.74, 6) is 0.586. The minimum atomic E-state index is 0.160. The molecule has 0 saturated heterocycles. The van der Waals surface area contributed by atoms with Gasteiger partial charge in [0.25, 0.3) is 0 Å². The molecule has 0 aliphatic carbocycles. The van der Waals surface area contributed by atoms with Gasteiger partial charge in [0.05, 0.1) is 0 Å². The molecule has 0 spiro atoms. The lowest BCUT2D eigenvalue weighted by atomic mass is 9.98. The summed E-state index contributed by atoms with van der Waals surface area (Å²) in [4.78, 5) is 11.8. The molecular formula is C12H14BrClO. The summed E-state index contributed by atoms with van der Waals surface area (Å²) in [6, 6.07) is 5.31. The van der Waals surface area contributed by atoms with Crippen LogP contribution in [0.5, 0.6) is 0 Å². The van der Waals surface area contributed by atoms with Gasteiger partial charge in [0.2, 0.25) is 0 Å². The molecule has 0 heterocycles. The number of rotatable bonds is 4. The van der Waals surface area contributed by atoms with Gasteiger partial charge in [-0.15, -0.1) is 0 Å². The molecule has 0 aliphatic rings. The van der Waals surface area contributed by atoms with Crippen molar-refractivity contribution in [2.24, 2.45) is 5.92 Å². The molecule has 1 atom stereocenters. The molecule has 1 nitrogen and oxygen atoms in total. The van der Waals surface area contributed by atoms with Gasteiger partial charge in [-0.2, -0.15) is 0 Å². The molecule has 1 aromatic carbocycles. The monoisotopic (exact) mass is 288 g/mol. The molecule has 15 heavy (non-hydrogen) atoms. The van der Waals surface area contributed by atoms with Crippen molar-refractivity contribution < 1.29 is 4.79 Å². The van der Waals surface area contributed by atoms with Gasteiger partial charge in [0.1, 0.15) is 0 Å². The van der Waals surface area contributed by atoms with Gasteiger partial charge >= 0.3 is 0 Å². The third-order valence-electron chi connectivity index (χ3n) is 2.42. The number of ketones is 1. The van der Waals surface area contributed by atoms with E-state index in [2.05, 4.69) is 29.8 Å². The molecule has 0 radical (unpaired) electrons. The molecule has 0 aromatic heterocycles. The van der Waals surface area contributed by atoms with Crippen LogP contribution in [-0.2, 0) is 0 Å². The smallest absolute Gasteiger partial charge is 0.163 e. The van der Waals surface area contributed by atoms with E-state index in [0.717, 1.165) is 10.9 Å². The van der Waals surface area contributed by atoms with E-state index in [9.17, 15) is 4.79 Å². The number of benzene rings is 1. The van der Waals surface area contributed by atoms with E-state index in [4.69, 9.17) is 11.6 Å². The summed E-state index contributed by atoms with van der Waals surface area (Å²) < 4.78 is 0.850. The van der Waals surface area contributed by atoms with Crippen LogP contribution in [0.15, 0.2) is 22.7 Å². The zero-order chi connectivity index (χ0) is 11.4. The Bertz CT molecular complexity index is 342. The molecule has 1 unspecified atom stereocenters. The first-order chi connectivity index (χ1) is 7.02. The van der Waals surface area contributed by atoms with Crippen LogP contribution in [0.1, 0.15) is 37.0 Å². The fourth-order valence-electron chi connectivity index (χ4n) is 1.29. The van der Waals surface area contributed by atoms with Crippen molar-refractivity contribution in [2.75, 3.05) is 0 Å². The fraction of sp³-hybridized carbons (Fsp3) is 0.417. The SMILES string of the molecule is CCC(C)CC(=O)c1cc(Cl)cc(Br)c1. The number of hydrogen-bond acceptors (Lipinski definition) is 1. The number of halogens is 2. The van der Waals surface area contributed by atoms with E-state index in [-0.39, 0.29) is 5.78 Å². The van der Waals surface area contributed by atoms with E-state index in [1.165, 1.54) is 0 Å². The number of Topliss-reactive ketones (excluding diaryl/α,β-unsaturated/α-hetero) is 1. The molecule has 0 bridgehead atoms. The third kappa shape index (κ3) is 3.96. The Balaban J connectivity index is 2.82. The molecule has 82 valence electrons. The van der Waals surface area contributed by atoms with E-state index in [1.807, 2.05) is 6.07 Å². The highest BCUT2D eigenvalue weighted by molar-refractivity contribution is 9.10. The van der Waals surface area contributed by atoms with Crippen molar-refractivity contribution >= 4 is 33.3 Å². The van der Waals surface area contributed by atoms with E-state index in [1.54, 1.807) is 12.1 Å². The van der Waals surface area contributed by atoms with Crippen molar-refractivity contribution in [3.8, 4) is 0 Å². The van der Waals surface area contributed by atoms with Crippen LogP contribution >= 0.6 is 27.5 Å². The second-order valence-corrected chi connectivity index (χ2v) is 5.15. The highest BCUT2D eigenvalue weighted by Crippen LogP contribution is 2.21. The van der Waals surface area contributed by atoms with Gasteiger partial charge in [-0.1, -0.05) is 47.8 Å². The summed E-state index contributed by atoms with van der Waals surface area (Å²) in [5, 5.41) is 0.594. The Kier molecular flexibility index (Phi) is 4.81. The second-order valence-electron chi connectivity index (χ2n) is 3.80. The Labute approximate surface area is 104 Å². The van der Waals surface area contributed by atoms with Crippen molar-refractivity contribution in [1.82, 2.24) is 0 Å².